The van der Waals surface area contributed by atoms with Gasteiger partial charge in [0, 0.05) is 17.8 Å². The van der Waals surface area contributed by atoms with Crippen LogP contribution in [0.25, 0.3) is 0 Å². The number of nitrogens with one attached hydrogen (secondary N) is 2. The van der Waals surface area contributed by atoms with Gasteiger partial charge in [-0.05, 0) is 18.2 Å². The van der Waals surface area contributed by atoms with E-state index in [1.807, 2.05) is 0 Å². The zero-order valence-electron chi connectivity index (χ0n) is 12.4. The molecule has 8 heteroatoms. The molecule has 0 bridgehead atoms. The Morgan fingerprint density at radius 3 is 2.38 bits per heavy atom. The molecule has 1 aliphatic heterocycles. The second-order valence-electron chi connectivity index (χ2n) is 5.01. The van der Waals surface area contributed by atoms with Gasteiger partial charge in [0.15, 0.2) is 11.5 Å². The quantitative estimate of drug-likeness (QED) is 0.813. The predicted octanol–water partition coefficient (Wildman–Crippen LogP) is 4.47. The normalized spacial score (nSPS) is 12.6. The van der Waals surface area contributed by atoms with Crippen LogP contribution in [0.5, 0.6) is 11.5 Å². The van der Waals surface area contributed by atoms with Gasteiger partial charge in [-0.3, -0.25) is 4.79 Å². The van der Waals surface area contributed by atoms with E-state index in [9.17, 15) is 4.79 Å². The molecular weight excluding hydrogens is 375 g/mol. The molecule has 0 radical (unpaired) electrons. The van der Waals surface area contributed by atoms with Gasteiger partial charge in [-0.25, -0.2) is 0 Å². The number of hydrogen-bond donors (Lipinski definition) is 2. The van der Waals surface area contributed by atoms with Gasteiger partial charge in [0.2, 0.25) is 5.91 Å². The van der Waals surface area contributed by atoms with Crippen LogP contribution in [0.4, 0.5) is 11.4 Å². The van der Waals surface area contributed by atoms with E-state index >= 15 is 0 Å². The first-order valence-electron chi connectivity index (χ1n) is 7.11. The molecule has 0 aliphatic carbocycles. The van der Waals surface area contributed by atoms with Crippen LogP contribution in [0.15, 0.2) is 30.3 Å². The minimum absolute atomic E-state index is 0.0444. The van der Waals surface area contributed by atoms with Crippen molar-refractivity contribution >= 4 is 52.1 Å². The molecule has 0 unspecified atom stereocenters. The predicted molar refractivity (Wildman–Crippen MR) is 96.0 cm³/mol. The largest absolute Gasteiger partial charge is 0.486 e. The Kier molecular flexibility index (Phi) is 5.23. The molecule has 0 saturated heterocycles. The van der Waals surface area contributed by atoms with Crippen molar-refractivity contribution in [2.45, 2.75) is 0 Å². The molecular formula is C16H13Cl3N2O3. The highest BCUT2D eigenvalue weighted by Gasteiger charge is 2.16. The van der Waals surface area contributed by atoms with Crippen molar-refractivity contribution in [3.8, 4) is 11.5 Å². The number of anilines is 2. The summed E-state index contributed by atoms with van der Waals surface area (Å²) in [7, 11) is 0. The van der Waals surface area contributed by atoms with Gasteiger partial charge in [0.05, 0.1) is 27.3 Å². The standard InChI is InChI=1S/C16H13Cl3N2O3/c17-10-2-1-9(5-11(10)18)20-8-16(22)21-13-7-15-14(6-12(13)19)23-3-4-24-15/h1-2,5-7,20H,3-4,8H2,(H,21,22). The molecule has 0 saturated carbocycles. The molecule has 2 aromatic rings. The van der Waals surface area contributed by atoms with Crippen molar-refractivity contribution in [1.29, 1.82) is 0 Å². The number of fused-ring (bicyclic) bond motifs is 1. The zero-order chi connectivity index (χ0) is 17.1. The van der Waals surface area contributed by atoms with E-state index in [2.05, 4.69) is 10.6 Å². The van der Waals surface area contributed by atoms with Crippen LogP contribution in [0, 0.1) is 0 Å². The Morgan fingerprint density at radius 1 is 0.958 bits per heavy atom. The van der Waals surface area contributed by atoms with Crippen molar-refractivity contribution < 1.29 is 14.3 Å². The number of amides is 1. The van der Waals surface area contributed by atoms with Crippen molar-refractivity contribution in [2.75, 3.05) is 30.4 Å². The van der Waals surface area contributed by atoms with E-state index in [1.54, 1.807) is 30.3 Å². The summed E-state index contributed by atoms with van der Waals surface area (Å²) in [6.07, 6.45) is 0. The number of carbonyl (C=O) groups excluding carboxylic acids is 1. The topological polar surface area (TPSA) is 59.6 Å². The highest BCUT2D eigenvalue weighted by Crippen LogP contribution is 2.37. The molecule has 2 aromatic carbocycles. The summed E-state index contributed by atoms with van der Waals surface area (Å²) >= 11 is 17.9. The van der Waals surface area contributed by atoms with Gasteiger partial charge in [-0.15, -0.1) is 0 Å². The molecule has 0 atom stereocenters. The number of halogens is 3. The smallest absolute Gasteiger partial charge is 0.243 e. The summed E-state index contributed by atoms with van der Waals surface area (Å²) in [5, 5.41) is 6.93. The maximum absolute atomic E-state index is 12.1. The highest BCUT2D eigenvalue weighted by molar-refractivity contribution is 6.42. The summed E-state index contributed by atoms with van der Waals surface area (Å²) in [5.74, 6) is 0.858. The van der Waals surface area contributed by atoms with E-state index < -0.39 is 0 Å². The second kappa shape index (κ2) is 7.38. The average molecular weight is 388 g/mol. The summed E-state index contributed by atoms with van der Waals surface area (Å²) in [4.78, 5) is 12.1. The summed E-state index contributed by atoms with van der Waals surface area (Å²) < 4.78 is 10.9. The van der Waals surface area contributed by atoms with E-state index in [-0.39, 0.29) is 12.5 Å². The summed E-state index contributed by atoms with van der Waals surface area (Å²) in [6, 6.07) is 8.31. The average Bonchev–Trinajstić information content (AvgIpc) is 2.56. The van der Waals surface area contributed by atoms with Gasteiger partial charge >= 0.3 is 0 Å². The van der Waals surface area contributed by atoms with Crippen molar-refractivity contribution in [3.63, 3.8) is 0 Å². The lowest BCUT2D eigenvalue weighted by atomic mass is 10.2. The van der Waals surface area contributed by atoms with Crippen molar-refractivity contribution in [1.82, 2.24) is 0 Å². The molecule has 0 fully saturated rings. The first-order valence-corrected chi connectivity index (χ1v) is 8.24. The van der Waals surface area contributed by atoms with Crippen LogP contribution in [-0.2, 0) is 4.79 Å². The Morgan fingerprint density at radius 2 is 1.67 bits per heavy atom. The third-order valence-corrected chi connectivity index (χ3v) is 4.33. The van der Waals surface area contributed by atoms with Crippen LogP contribution >= 0.6 is 34.8 Å². The summed E-state index contributed by atoms with van der Waals surface area (Å²) in [5.41, 5.74) is 1.15. The highest BCUT2D eigenvalue weighted by atomic mass is 35.5. The fourth-order valence-corrected chi connectivity index (χ4v) is 2.64. The molecule has 1 aliphatic rings. The number of rotatable bonds is 4. The van der Waals surface area contributed by atoms with Crippen molar-refractivity contribution in [2.24, 2.45) is 0 Å². The minimum Gasteiger partial charge on any atom is -0.486 e. The molecule has 0 spiro atoms. The Balaban J connectivity index is 1.63. The maximum Gasteiger partial charge on any atom is 0.243 e. The van der Waals surface area contributed by atoms with Gasteiger partial charge in [-0.2, -0.15) is 0 Å². The van der Waals surface area contributed by atoms with E-state index in [0.717, 1.165) is 0 Å². The van der Waals surface area contributed by atoms with Gasteiger partial charge in [-0.1, -0.05) is 34.8 Å². The fourth-order valence-electron chi connectivity index (χ4n) is 2.14. The van der Waals surface area contributed by atoms with Crippen LogP contribution in [0.3, 0.4) is 0 Å². The number of benzene rings is 2. The zero-order valence-corrected chi connectivity index (χ0v) is 14.6. The monoisotopic (exact) mass is 386 g/mol. The van der Waals surface area contributed by atoms with Gasteiger partial charge in [0.25, 0.3) is 0 Å². The van der Waals surface area contributed by atoms with Crippen molar-refractivity contribution in [3.05, 3.63) is 45.4 Å². The molecule has 3 rings (SSSR count). The first kappa shape index (κ1) is 17.0. The van der Waals surface area contributed by atoms with Crippen LogP contribution in [0.1, 0.15) is 0 Å². The Labute approximate surface area is 153 Å². The lowest BCUT2D eigenvalue weighted by molar-refractivity contribution is -0.114. The SMILES string of the molecule is O=C(CNc1ccc(Cl)c(Cl)c1)Nc1cc2c(cc1Cl)OCCO2. The Bertz CT molecular complexity index is 783. The minimum atomic E-state index is -0.264. The third kappa shape index (κ3) is 3.98. The molecule has 0 aromatic heterocycles. The van der Waals surface area contributed by atoms with E-state index in [0.29, 0.717) is 51.2 Å². The van der Waals surface area contributed by atoms with Gasteiger partial charge < -0.3 is 20.1 Å². The lowest BCUT2D eigenvalue weighted by Crippen LogP contribution is -2.22. The molecule has 126 valence electrons. The number of hydrogen-bond acceptors (Lipinski definition) is 4. The molecule has 1 amide bonds. The fraction of sp³-hybridized carbons (Fsp3) is 0.188. The number of carbonyl (C=O) groups is 1. The maximum atomic E-state index is 12.1. The van der Waals surface area contributed by atoms with Crippen LogP contribution in [-0.4, -0.2) is 25.7 Å². The van der Waals surface area contributed by atoms with E-state index in [1.165, 1.54) is 0 Å². The molecule has 2 N–H and O–H groups in total. The van der Waals surface area contributed by atoms with Gasteiger partial charge in [0.1, 0.15) is 13.2 Å². The summed E-state index contributed by atoms with van der Waals surface area (Å²) in [6.45, 7) is 0.978. The molecule has 1 heterocycles. The molecule has 24 heavy (non-hydrogen) atoms. The van der Waals surface area contributed by atoms with Crippen LogP contribution < -0.4 is 20.1 Å². The first-order chi connectivity index (χ1) is 11.5. The lowest BCUT2D eigenvalue weighted by Gasteiger charge is -2.20. The second-order valence-corrected chi connectivity index (χ2v) is 6.23. The number of ether oxygens (including phenoxy) is 2. The third-order valence-electron chi connectivity index (χ3n) is 3.28. The van der Waals surface area contributed by atoms with E-state index in [4.69, 9.17) is 44.3 Å². The Hall–Kier alpha value is -1.82. The molecule has 5 nitrogen and oxygen atoms in total. The van der Waals surface area contributed by atoms with Crippen LogP contribution in [0.2, 0.25) is 15.1 Å².